The van der Waals surface area contributed by atoms with Crippen molar-refractivity contribution in [2.75, 3.05) is 11.9 Å². The van der Waals surface area contributed by atoms with Crippen molar-refractivity contribution < 1.29 is 13.9 Å². The van der Waals surface area contributed by atoms with E-state index in [0.29, 0.717) is 12.4 Å². The number of aryl methyl sites for hydroxylation is 4. The van der Waals surface area contributed by atoms with Crippen LogP contribution in [0.25, 0.3) is 27.7 Å². The second kappa shape index (κ2) is 9.60. The molecule has 0 spiro atoms. The maximum absolute atomic E-state index is 12.9. The third-order valence-corrected chi connectivity index (χ3v) is 6.07. The van der Waals surface area contributed by atoms with Crippen LogP contribution in [0.2, 0.25) is 0 Å². The highest BCUT2D eigenvalue weighted by molar-refractivity contribution is 6.05. The molecule has 1 N–H and O–H groups in total. The molecule has 1 aromatic heterocycles. The topological polar surface area (TPSA) is 51.5 Å². The summed E-state index contributed by atoms with van der Waals surface area (Å²) in [6, 6.07) is 16.4. The highest BCUT2D eigenvalue weighted by Gasteiger charge is 2.16. The SMILES string of the molecule is CCOc1cc2occ(-c3ccc(C)cc3C)c2cc1/C(C)=C/C(=O)Nc1cc(C)ccc1C. The van der Waals surface area contributed by atoms with Gasteiger partial charge in [0.05, 0.1) is 12.9 Å². The maximum Gasteiger partial charge on any atom is 0.248 e. The summed E-state index contributed by atoms with van der Waals surface area (Å²) in [7, 11) is 0. The number of allylic oxidation sites excluding steroid dienone is 1. The largest absolute Gasteiger partial charge is 0.493 e. The number of rotatable bonds is 6. The van der Waals surface area contributed by atoms with Crippen LogP contribution in [-0.4, -0.2) is 12.5 Å². The van der Waals surface area contributed by atoms with E-state index in [9.17, 15) is 4.79 Å². The van der Waals surface area contributed by atoms with E-state index in [0.717, 1.165) is 50.0 Å². The summed E-state index contributed by atoms with van der Waals surface area (Å²) >= 11 is 0. The van der Waals surface area contributed by atoms with Gasteiger partial charge in [0, 0.05) is 34.3 Å². The van der Waals surface area contributed by atoms with Crippen molar-refractivity contribution in [1.82, 2.24) is 0 Å². The van der Waals surface area contributed by atoms with Crippen molar-refractivity contribution in [3.05, 3.63) is 88.7 Å². The van der Waals surface area contributed by atoms with E-state index in [-0.39, 0.29) is 5.91 Å². The Morgan fingerprint density at radius 3 is 2.41 bits per heavy atom. The zero-order valence-electron chi connectivity index (χ0n) is 20.7. The number of anilines is 1. The number of amides is 1. The van der Waals surface area contributed by atoms with Gasteiger partial charge in [-0.1, -0.05) is 35.9 Å². The van der Waals surface area contributed by atoms with Gasteiger partial charge in [0.15, 0.2) is 0 Å². The van der Waals surface area contributed by atoms with Crippen LogP contribution in [0.1, 0.15) is 41.7 Å². The fourth-order valence-corrected chi connectivity index (χ4v) is 4.28. The van der Waals surface area contributed by atoms with Gasteiger partial charge in [0.2, 0.25) is 5.91 Å². The van der Waals surface area contributed by atoms with Gasteiger partial charge in [-0.15, -0.1) is 0 Å². The number of benzene rings is 3. The molecule has 1 heterocycles. The van der Waals surface area contributed by atoms with Gasteiger partial charge in [0.1, 0.15) is 11.3 Å². The molecule has 0 unspecified atom stereocenters. The molecule has 1 amide bonds. The molecule has 0 radical (unpaired) electrons. The van der Waals surface area contributed by atoms with Crippen molar-refractivity contribution in [2.45, 2.75) is 41.5 Å². The second-order valence-corrected chi connectivity index (χ2v) is 8.88. The van der Waals surface area contributed by atoms with Crippen LogP contribution in [0.4, 0.5) is 5.69 Å². The molecular formula is C30H31NO3. The molecule has 34 heavy (non-hydrogen) atoms. The van der Waals surface area contributed by atoms with E-state index in [2.05, 4.69) is 43.4 Å². The van der Waals surface area contributed by atoms with E-state index in [4.69, 9.17) is 9.15 Å². The Bertz CT molecular complexity index is 1410. The molecule has 0 atom stereocenters. The van der Waals surface area contributed by atoms with Gasteiger partial charge in [-0.3, -0.25) is 4.79 Å². The summed E-state index contributed by atoms with van der Waals surface area (Å²) in [6.45, 7) is 12.6. The molecule has 4 rings (SSSR count). The van der Waals surface area contributed by atoms with Crippen molar-refractivity contribution in [1.29, 1.82) is 0 Å². The number of ether oxygens (including phenoxy) is 1. The van der Waals surface area contributed by atoms with Crippen LogP contribution in [0.5, 0.6) is 5.75 Å². The van der Waals surface area contributed by atoms with Crippen molar-refractivity contribution in [3.63, 3.8) is 0 Å². The number of hydrogen-bond donors (Lipinski definition) is 1. The van der Waals surface area contributed by atoms with Gasteiger partial charge in [-0.25, -0.2) is 0 Å². The Balaban J connectivity index is 1.75. The van der Waals surface area contributed by atoms with Gasteiger partial charge in [-0.2, -0.15) is 0 Å². The molecule has 4 nitrogen and oxygen atoms in total. The Morgan fingerprint density at radius 1 is 0.941 bits per heavy atom. The quantitative estimate of drug-likeness (QED) is 0.303. The van der Waals surface area contributed by atoms with Gasteiger partial charge < -0.3 is 14.5 Å². The minimum atomic E-state index is -0.171. The zero-order chi connectivity index (χ0) is 24.4. The second-order valence-electron chi connectivity index (χ2n) is 8.88. The standard InChI is InChI=1S/C30H31NO3/c1-7-33-28-16-29-25(26(17-34-29)23-11-9-18(2)12-21(23)5)15-24(28)22(6)14-30(32)31-27-13-19(3)8-10-20(27)4/h8-17H,7H2,1-6H3,(H,31,32)/b22-14+. The van der Waals surface area contributed by atoms with Crippen LogP contribution >= 0.6 is 0 Å². The number of furan rings is 1. The monoisotopic (exact) mass is 453 g/mol. The summed E-state index contributed by atoms with van der Waals surface area (Å²) in [6.07, 6.45) is 3.43. The average molecular weight is 454 g/mol. The fourth-order valence-electron chi connectivity index (χ4n) is 4.28. The van der Waals surface area contributed by atoms with Crippen molar-refractivity contribution in [2.24, 2.45) is 0 Å². The summed E-state index contributed by atoms with van der Waals surface area (Å²) in [5, 5.41) is 4.00. The first-order valence-corrected chi connectivity index (χ1v) is 11.6. The third-order valence-electron chi connectivity index (χ3n) is 6.07. The zero-order valence-corrected chi connectivity index (χ0v) is 20.7. The van der Waals surface area contributed by atoms with Gasteiger partial charge in [-0.05, 0) is 81.5 Å². The lowest BCUT2D eigenvalue weighted by atomic mass is 9.96. The number of carbonyl (C=O) groups is 1. The normalized spacial score (nSPS) is 11.6. The first-order valence-electron chi connectivity index (χ1n) is 11.6. The highest BCUT2D eigenvalue weighted by atomic mass is 16.5. The lowest BCUT2D eigenvalue weighted by Crippen LogP contribution is -2.10. The summed E-state index contributed by atoms with van der Waals surface area (Å²) in [5.74, 6) is 0.528. The van der Waals surface area contributed by atoms with Crippen LogP contribution in [0.15, 0.2) is 65.3 Å². The van der Waals surface area contributed by atoms with Crippen LogP contribution in [0.3, 0.4) is 0 Å². The number of hydrogen-bond acceptors (Lipinski definition) is 3. The minimum Gasteiger partial charge on any atom is -0.493 e. The third kappa shape index (κ3) is 4.76. The minimum absolute atomic E-state index is 0.171. The molecule has 4 heteroatoms. The van der Waals surface area contributed by atoms with E-state index < -0.39 is 0 Å². The van der Waals surface area contributed by atoms with Gasteiger partial charge >= 0.3 is 0 Å². The molecule has 0 bridgehead atoms. The van der Waals surface area contributed by atoms with Crippen LogP contribution in [0, 0.1) is 27.7 Å². The van der Waals surface area contributed by atoms with E-state index >= 15 is 0 Å². The van der Waals surface area contributed by atoms with E-state index in [1.807, 2.05) is 52.0 Å². The smallest absolute Gasteiger partial charge is 0.248 e. The predicted octanol–water partition coefficient (Wildman–Crippen LogP) is 7.77. The Hall–Kier alpha value is -3.79. The Kier molecular flexibility index (Phi) is 6.60. The van der Waals surface area contributed by atoms with Gasteiger partial charge in [0.25, 0.3) is 0 Å². The number of nitrogens with one attached hydrogen (secondary N) is 1. The lowest BCUT2D eigenvalue weighted by molar-refractivity contribution is -0.111. The first-order chi connectivity index (χ1) is 16.3. The molecule has 0 aliphatic heterocycles. The lowest BCUT2D eigenvalue weighted by Gasteiger charge is -2.13. The van der Waals surface area contributed by atoms with Crippen molar-refractivity contribution in [3.8, 4) is 16.9 Å². The van der Waals surface area contributed by atoms with Crippen LogP contribution < -0.4 is 10.1 Å². The number of fused-ring (bicyclic) bond motifs is 1. The van der Waals surface area contributed by atoms with E-state index in [1.165, 1.54) is 11.1 Å². The Labute approximate surface area is 201 Å². The molecule has 0 aliphatic rings. The molecule has 0 fully saturated rings. The number of carbonyl (C=O) groups excluding carboxylic acids is 1. The summed E-state index contributed by atoms with van der Waals surface area (Å²) in [5.41, 5.74) is 9.98. The molecule has 4 aromatic rings. The Morgan fingerprint density at radius 2 is 1.68 bits per heavy atom. The average Bonchev–Trinajstić information content (AvgIpc) is 3.18. The maximum atomic E-state index is 12.9. The fraction of sp³-hybridized carbons (Fsp3) is 0.233. The predicted molar refractivity (Wildman–Crippen MR) is 140 cm³/mol. The molecular weight excluding hydrogens is 422 g/mol. The van der Waals surface area contributed by atoms with Crippen LogP contribution in [-0.2, 0) is 4.79 Å². The van der Waals surface area contributed by atoms with Crippen molar-refractivity contribution >= 4 is 28.1 Å². The molecule has 174 valence electrons. The summed E-state index contributed by atoms with van der Waals surface area (Å²) in [4.78, 5) is 12.9. The molecule has 0 aliphatic carbocycles. The molecule has 0 saturated carbocycles. The highest BCUT2D eigenvalue weighted by Crippen LogP contribution is 2.38. The first kappa shape index (κ1) is 23.4. The van der Waals surface area contributed by atoms with E-state index in [1.54, 1.807) is 12.3 Å². The molecule has 3 aromatic carbocycles. The summed E-state index contributed by atoms with van der Waals surface area (Å²) < 4.78 is 11.8. The molecule has 0 saturated heterocycles.